The van der Waals surface area contributed by atoms with E-state index in [4.69, 9.17) is 15.2 Å². The predicted octanol–water partition coefficient (Wildman–Crippen LogP) is 2.29. The maximum absolute atomic E-state index is 13.2. The fourth-order valence-electron chi connectivity index (χ4n) is 3.42. The number of amidine groups is 1. The van der Waals surface area contributed by atoms with Crippen molar-refractivity contribution in [3.05, 3.63) is 28.5 Å². The number of ether oxygens (including phenoxy) is 3. The summed E-state index contributed by atoms with van der Waals surface area (Å²) in [7, 11) is 0. The van der Waals surface area contributed by atoms with Crippen LogP contribution in [0.25, 0.3) is 0 Å². The molecule has 10 nitrogen and oxygen atoms in total. The van der Waals surface area contributed by atoms with E-state index in [1.807, 2.05) is 0 Å². The Kier molecular flexibility index (Phi) is 6.04. The maximum atomic E-state index is 13.2. The van der Waals surface area contributed by atoms with Crippen molar-refractivity contribution in [3.63, 3.8) is 0 Å². The van der Waals surface area contributed by atoms with Crippen molar-refractivity contribution < 1.29 is 41.0 Å². The number of hydrogen-bond acceptors (Lipinski definition) is 10. The number of alkyl halides is 5. The van der Waals surface area contributed by atoms with Gasteiger partial charge in [0, 0.05) is 11.3 Å². The first kappa shape index (κ1) is 23.0. The number of nitrogens with zero attached hydrogens (tertiary/aromatic N) is 4. The molecule has 0 aliphatic carbocycles. The standard InChI is InChI=1S/C17H15F5N6O4S/c18-14(19)32-11-3-24-8(2-25-11)12(29)26-10-5-33-13(27-10)16-6-31-9(17(20,21)22)1-7(16)4-30-15(23)28-16/h2-3,5,7,9,14H,1,4,6H2,(H2,23,28)(H,26,29)/t7-,9+,16-/m0/s1. The van der Waals surface area contributed by atoms with Gasteiger partial charge in [-0.05, 0) is 6.42 Å². The fourth-order valence-corrected chi connectivity index (χ4v) is 4.38. The summed E-state index contributed by atoms with van der Waals surface area (Å²) in [6.07, 6.45) is -5.12. The van der Waals surface area contributed by atoms with Crippen LogP contribution in [0.15, 0.2) is 22.8 Å². The van der Waals surface area contributed by atoms with Gasteiger partial charge in [-0.1, -0.05) is 0 Å². The summed E-state index contributed by atoms with van der Waals surface area (Å²) in [5.41, 5.74) is 4.17. The number of nitrogens with one attached hydrogen (secondary N) is 1. The molecule has 1 amide bonds. The van der Waals surface area contributed by atoms with E-state index < -0.39 is 55.2 Å². The van der Waals surface area contributed by atoms with Crippen LogP contribution in [0.3, 0.4) is 0 Å². The zero-order valence-electron chi connectivity index (χ0n) is 16.4. The van der Waals surface area contributed by atoms with Gasteiger partial charge in [-0.15, -0.1) is 11.3 Å². The highest BCUT2D eigenvalue weighted by Gasteiger charge is 2.56. The number of aliphatic imine (C=N–C) groups is 1. The number of carbonyl (C=O) groups is 1. The molecule has 178 valence electrons. The Labute approximate surface area is 186 Å². The molecule has 3 atom stereocenters. The van der Waals surface area contributed by atoms with Crippen LogP contribution in [0.5, 0.6) is 5.88 Å². The van der Waals surface area contributed by atoms with Gasteiger partial charge < -0.3 is 25.3 Å². The Balaban J connectivity index is 1.52. The number of halogens is 5. The first-order valence-corrected chi connectivity index (χ1v) is 10.2. The molecule has 0 unspecified atom stereocenters. The Morgan fingerprint density at radius 1 is 1.33 bits per heavy atom. The molecule has 0 bridgehead atoms. The van der Waals surface area contributed by atoms with Gasteiger partial charge in [0.25, 0.3) is 11.9 Å². The van der Waals surface area contributed by atoms with E-state index in [1.165, 1.54) is 5.38 Å². The third-order valence-electron chi connectivity index (χ3n) is 4.97. The molecule has 33 heavy (non-hydrogen) atoms. The maximum Gasteiger partial charge on any atom is 0.414 e. The highest BCUT2D eigenvalue weighted by atomic mass is 32.1. The topological polar surface area (TPSA) is 134 Å². The van der Waals surface area contributed by atoms with Gasteiger partial charge >= 0.3 is 12.8 Å². The molecule has 2 aromatic rings. The zero-order chi connectivity index (χ0) is 23.8. The number of rotatable bonds is 5. The van der Waals surface area contributed by atoms with Crippen LogP contribution >= 0.6 is 11.3 Å². The number of thiazole rings is 1. The molecule has 0 radical (unpaired) electrons. The van der Waals surface area contributed by atoms with E-state index in [-0.39, 0.29) is 29.1 Å². The molecule has 0 aromatic carbocycles. The zero-order valence-corrected chi connectivity index (χ0v) is 17.2. The average molecular weight is 494 g/mol. The van der Waals surface area contributed by atoms with Gasteiger partial charge in [0.2, 0.25) is 5.88 Å². The van der Waals surface area contributed by atoms with Crippen LogP contribution in [-0.4, -0.2) is 59.0 Å². The molecule has 1 saturated heterocycles. The van der Waals surface area contributed by atoms with Crippen molar-refractivity contribution in [2.24, 2.45) is 16.6 Å². The lowest BCUT2D eigenvalue weighted by Gasteiger charge is -2.44. The fraction of sp³-hybridized carbons (Fsp3) is 0.471. The molecule has 1 fully saturated rings. The lowest BCUT2D eigenvalue weighted by Crippen LogP contribution is -2.54. The summed E-state index contributed by atoms with van der Waals surface area (Å²) in [5, 5.41) is 4.19. The van der Waals surface area contributed by atoms with Crippen LogP contribution in [0.2, 0.25) is 0 Å². The average Bonchev–Trinajstić information content (AvgIpc) is 3.21. The lowest BCUT2D eigenvalue weighted by molar-refractivity contribution is -0.249. The lowest BCUT2D eigenvalue weighted by atomic mass is 9.79. The van der Waals surface area contributed by atoms with Crippen molar-refractivity contribution >= 4 is 29.1 Å². The Morgan fingerprint density at radius 2 is 2.12 bits per heavy atom. The normalized spacial score (nSPS) is 25.1. The number of aromatic nitrogens is 3. The van der Waals surface area contributed by atoms with Crippen LogP contribution in [0, 0.1) is 5.92 Å². The van der Waals surface area contributed by atoms with E-state index in [0.29, 0.717) is 0 Å². The van der Waals surface area contributed by atoms with Gasteiger partial charge in [0.1, 0.15) is 22.1 Å². The molecule has 2 aliphatic heterocycles. The van der Waals surface area contributed by atoms with Crippen molar-refractivity contribution in [1.82, 2.24) is 15.0 Å². The highest BCUT2D eigenvalue weighted by molar-refractivity contribution is 7.10. The summed E-state index contributed by atoms with van der Waals surface area (Å²) in [6.45, 7) is -3.62. The quantitative estimate of drug-likeness (QED) is 0.605. The summed E-state index contributed by atoms with van der Waals surface area (Å²) >= 11 is 1.05. The molecular formula is C17H15F5N6O4S. The number of amides is 1. The van der Waals surface area contributed by atoms with E-state index >= 15 is 0 Å². The molecule has 2 aliphatic rings. The van der Waals surface area contributed by atoms with Crippen molar-refractivity contribution in [1.29, 1.82) is 0 Å². The number of fused-ring (bicyclic) bond motifs is 1. The summed E-state index contributed by atoms with van der Waals surface area (Å²) in [4.78, 5) is 28.1. The van der Waals surface area contributed by atoms with E-state index in [2.05, 4.69) is 30.0 Å². The van der Waals surface area contributed by atoms with Crippen LogP contribution < -0.4 is 15.8 Å². The molecule has 4 rings (SSSR count). The third kappa shape index (κ3) is 4.80. The number of hydrogen-bond donors (Lipinski definition) is 2. The molecule has 4 heterocycles. The number of anilines is 1. The van der Waals surface area contributed by atoms with Gasteiger partial charge in [-0.2, -0.15) is 22.0 Å². The second-order valence-corrected chi connectivity index (χ2v) is 7.93. The Morgan fingerprint density at radius 3 is 2.79 bits per heavy atom. The molecule has 3 N–H and O–H groups in total. The molecule has 0 spiro atoms. The Hall–Kier alpha value is -3.14. The Bertz CT molecular complexity index is 1050. The number of nitrogens with two attached hydrogens (primary N) is 1. The monoisotopic (exact) mass is 494 g/mol. The van der Waals surface area contributed by atoms with Crippen LogP contribution in [0.4, 0.5) is 27.8 Å². The molecule has 2 aromatic heterocycles. The van der Waals surface area contributed by atoms with Crippen molar-refractivity contribution in [2.45, 2.75) is 30.9 Å². The van der Waals surface area contributed by atoms with Gasteiger partial charge in [-0.25, -0.2) is 19.9 Å². The van der Waals surface area contributed by atoms with Gasteiger partial charge in [0.15, 0.2) is 6.10 Å². The van der Waals surface area contributed by atoms with E-state index in [9.17, 15) is 26.7 Å². The first-order chi connectivity index (χ1) is 15.6. The van der Waals surface area contributed by atoms with Crippen LogP contribution in [0.1, 0.15) is 21.9 Å². The van der Waals surface area contributed by atoms with Crippen LogP contribution in [-0.2, 0) is 15.0 Å². The van der Waals surface area contributed by atoms with E-state index in [0.717, 1.165) is 23.7 Å². The SMILES string of the molecule is NC1=N[C@@]2(c3nc(NC(=O)c4cnc(OC(F)F)cn4)cs3)CO[C@@H](C(F)(F)F)C[C@H]2CO1. The molecular weight excluding hydrogens is 479 g/mol. The largest absolute Gasteiger partial charge is 0.465 e. The second kappa shape index (κ2) is 8.66. The molecule has 16 heteroatoms. The molecule has 0 saturated carbocycles. The van der Waals surface area contributed by atoms with Crippen molar-refractivity contribution in [3.8, 4) is 5.88 Å². The van der Waals surface area contributed by atoms with Gasteiger partial charge in [-0.3, -0.25) is 4.79 Å². The summed E-state index contributed by atoms with van der Waals surface area (Å²) in [5.74, 6) is -1.86. The minimum Gasteiger partial charge on any atom is -0.465 e. The van der Waals surface area contributed by atoms with Gasteiger partial charge in [0.05, 0.1) is 25.6 Å². The summed E-state index contributed by atoms with van der Waals surface area (Å²) in [6, 6.07) is -0.206. The predicted molar refractivity (Wildman–Crippen MR) is 102 cm³/mol. The first-order valence-electron chi connectivity index (χ1n) is 9.27. The van der Waals surface area contributed by atoms with E-state index in [1.54, 1.807) is 0 Å². The highest BCUT2D eigenvalue weighted by Crippen LogP contribution is 2.47. The smallest absolute Gasteiger partial charge is 0.414 e. The summed E-state index contributed by atoms with van der Waals surface area (Å²) < 4.78 is 78.1. The minimum atomic E-state index is -4.54. The second-order valence-electron chi connectivity index (χ2n) is 7.07. The third-order valence-corrected chi connectivity index (χ3v) is 5.98. The van der Waals surface area contributed by atoms with Crippen molar-refractivity contribution in [2.75, 3.05) is 18.5 Å². The minimum absolute atomic E-state index is 0.0704. The number of carbonyl (C=O) groups excluding carboxylic acids is 1.